The highest BCUT2D eigenvalue weighted by molar-refractivity contribution is 6.30. The first-order valence-corrected chi connectivity index (χ1v) is 11.3. The minimum atomic E-state index is -0.595. The van der Waals surface area contributed by atoms with Crippen molar-refractivity contribution >= 4 is 35.2 Å². The molecular weight excluding hydrogens is 470 g/mol. The SMILES string of the molecule is CCOc1ccc(CN2C(=O)c3ccccc3C2=O)cc1C(=O)NNC(=O)Cc1ccc(Cl)cc1. The van der Waals surface area contributed by atoms with Gasteiger partial charge in [-0.3, -0.25) is 34.9 Å². The number of carbonyl (C=O) groups excluding carboxylic acids is 4. The first-order chi connectivity index (χ1) is 16.9. The van der Waals surface area contributed by atoms with Gasteiger partial charge in [0.15, 0.2) is 0 Å². The van der Waals surface area contributed by atoms with Gasteiger partial charge < -0.3 is 4.74 Å². The molecule has 0 unspecified atom stereocenters. The second kappa shape index (κ2) is 10.4. The second-order valence-electron chi connectivity index (χ2n) is 7.81. The van der Waals surface area contributed by atoms with Crippen LogP contribution in [0.5, 0.6) is 5.75 Å². The van der Waals surface area contributed by atoms with E-state index in [2.05, 4.69) is 10.9 Å². The van der Waals surface area contributed by atoms with E-state index in [9.17, 15) is 19.2 Å². The zero-order valence-corrected chi connectivity index (χ0v) is 19.6. The number of amides is 4. The Bertz CT molecular complexity index is 1270. The van der Waals surface area contributed by atoms with Gasteiger partial charge >= 0.3 is 0 Å². The van der Waals surface area contributed by atoms with Gasteiger partial charge in [-0.1, -0.05) is 41.9 Å². The molecule has 35 heavy (non-hydrogen) atoms. The lowest BCUT2D eigenvalue weighted by Gasteiger charge is -2.16. The molecule has 1 heterocycles. The van der Waals surface area contributed by atoms with Gasteiger partial charge in [0.2, 0.25) is 5.91 Å². The molecule has 0 spiro atoms. The summed E-state index contributed by atoms with van der Waals surface area (Å²) in [6.07, 6.45) is 0.0511. The number of benzene rings is 3. The van der Waals surface area contributed by atoms with Crippen LogP contribution < -0.4 is 15.6 Å². The van der Waals surface area contributed by atoms with Crippen LogP contribution in [-0.2, 0) is 17.8 Å². The average molecular weight is 492 g/mol. The number of carbonyl (C=O) groups is 4. The third kappa shape index (κ3) is 5.33. The van der Waals surface area contributed by atoms with Crippen molar-refractivity contribution in [1.82, 2.24) is 15.8 Å². The largest absolute Gasteiger partial charge is 0.493 e. The zero-order valence-electron chi connectivity index (χ0n) is 18.8. The van der Waals surface area contributed by atoms with Gasteiger partial charge in [-0.15, -0.1) is 0 Å². The molecule has 0 fully saturated rings. The minimum absolute atomic E-state index is 0.0119. The average Bonchev–Trinajstić information content (AvgIpc) is 3.10. The number of nitrogens with zero attached hydrogens (tertiary/aromatic N) is 1. The molecular formula is C26H22ClN3O5. The Morgan fingerprint density at radius 1 is 0.886 bits per heavy atom. The molecule has 0 aliphatic carbocycles. The predicted molar refractivity (Wildman–Crippen MR) is 129 cm³/mol. The fourth-order valence-electron chi connectivity index (χ4n) is 3.73. The van der Waals surface area contributed by atoms with Crippen molar-refractivity contribution in [2.24, 2.45) is 0 Å². The van der Waals surface area contributed by atoms with Gasteiger partial charge in [-0.2, -0.15) is 0 Å². The molecule has 3 aromatic carbocycles. The second-order valence-corrected chi connectivity index (χ2v) is 8.25. The van der Waals surface area contributed by atoms with E-state index in [0.29, 0.717) is 34.1 Å². The molecule has 1 aliphatic heterocycles. The highest BCUT2D eigenvalue weighted by Crippen LogP contribution is 2.26. The summed E-state index contributed by atoms with van der Waals surface area (Å²) in [5.41, 5.74) is 6.93. The van der Waals surface area contributed by atoms with Crippen molar-refractivity contribution < 1.29 is 23.9 Å². The van der Waals surface area contributed by atoms with Crippen LogP contribution in [0.4, 0.5) is 0 Å². The summed E-state index contributed by atoms with van der Waals surface area (Å²) in [7, 11) is 0. The normalized spacial score (nSPS) is 12.3. The molecule has 0 radical (unpaired) electrons. The Balaban J connectivity index is 1.46. The van der Waals surface area contributed by atoms with Gasteiger partial charge in [0, 0.05) is 5.02 Å². The van der Waals surface area contributed by atoms with E-state index in [1.807, 2.05) is 0 Å². The fraction of sp³-hybridized carbons (Fsp3) is 0.154. The monoisotopic (exact) mass is 491 g/mol. The quantitative estimate of drug-likeness (QED) is 0.388. The van der Waals surface area contributed by atoms with E-state index in [1.165, 1.54) is 6.07 Å². The standard InChI is InChI=1S/C26H22ClN3O5/c1-2-35-22-12-9-17(15-30-25(33)19-5-3-4-6-20(19)26(30)34)13-21(22)24(32)29-28-23(31)14-16-7-10-18(27)11-8-16/h3-13H,2,14-15H2,1H3,(H,28,31)(H,29,32). The molecule has 1 aliphatic rings. The van der Waals surface area contributed by atoms with Crippen molar-refractivity contribution in [1.29, 1.82) is 0 Å². The van der Waals surface area contributed by atoms with Crippen LogP contribution in [-0.4, -0.2) is 35.1 Å². The summed E-state index contributed by atoms with van der Waals surface area (Å²) in [6.45, 7) is 2.09. The molecule has 0 bridgehead atoms. The van der Waals surface area contributed by atoms with E-state index in [1.54, 1.807) is 67.6 Å². The Morgan fingerprint density at radius 2 is 1.51 bits per heavy atom. The number of imide groups is 1. The smallest absolute Gasteiger partial charge is 0.273 e. The third-order valence-corrected chi connectivity index (χ3v) is 5.65. The lowest BCUT2D eigenvalue weighted by molar-refractivity contribution is -0.121. The zero-order chi connectivity index (χ0) is 24.9. The molecule has 9 heteroatoms. The molecule has 3 aromatic rings. The van der Waals surface area contributed by atoms with Crippen LogP contribution in [0.2, 0.25) is 5.02 Å². The van der Waals surface area contributed by atoms with Crippen LogP contribution in [0.15, 0.2) is 66.7 Å². The lowest BCUT2D eigenvalue weighted by Crippen LogP contribution is -2.42. The van der Waals surface area contributed by atoms with Crippen molar-refractivity contribution in [2.45, 2.75) is 19.9 Å². The van der Waals surface area contributed by atoms with Gasteiger partial charge in [0.1, 0.15) is 5.75 Å². The molecule has 4 amide bonds. The first-order valence-electron chi connectivity index (χ1n) is 10.9. The van der Waals surface area contributed by atoms with E-state index < -0.39 is 11.8 Å². The molecule has 0 saturated heterocycles. The first kappa shape index (κ1) is 24.0. The van der Waals surface area contributed by atoms with Crippen LogP contribution >= 0.6 is 11.6 Å². The molecule has 0 atom stereocenters. The molecule has 178 valence electrons. The summed E-state index contributed by atoms with van der Waals surface area (Å²) in [6, 6.07) is 18.2. The Morgan fingerprint density at radius 3 is 2.14 bits per heavy atom. The van der Waals surface area contributed by atoms with Gasteiger partial charge in [-0.05, 0) is 54.4 Å². The number of hydrogen-bond donors (Lipinski definition) is 2. The number of nitrogens with one attached hydrogen (secondary N) is 2. The molecule has 2 N–H and O–H groups in total. The molecule has 0 aromatic heterocycles. The van der Waals surface area contributed by atoms with E-state index in [0.717, 1.165) is 10.5 Å². The van der Waals surface area contributed by atoms with Gasteiger partial charge in [0.25, 0.3) is 17.7 Å². The Hall–Kier alpha value is -4.17. The fourth-order valence-corrected chi connectivity index (χ4v) is 3.85. The topological polar surface area (TPSA) is 105 Å². The van der Waals surface area contributed by atoms with Crippen molar-refractivity contribution in [3.8, 4) is 5.75 Å². The van der Waals surface area contributed by atoms with E-state index in [4.69, 9.17) is 16.3 Å². The third-order valence-electron chi connectivity index (χ3n) is 5.40. The molecule has 8 nitrogen and oxygen atoms in total. The Labute approximate surface area is 206 Å². The maximum Gasteiger partial charge on any atom is 0.273 e. The maximum atomic E-state index is 12.9. The van der Waals surface area contributed by atoms with Crippen LogP contribution in [0.1, 0.15) is 49.1 Å². The molecule has 0 saturated carbocycles. The van der Waals surface area contributed by atoms with Crippen LogP contribution in [0.25, 0.3) is 0 Å². The Kier molecular flexibility index (Phi) is 7.12. The van der Waals surface area contributed by atoms with Crippen LogP contribution in [0.3, 0.4) is 0 Å². The van der Waals surface area contributed by atoms with E-state index >= 15 is 0 Å². The van der Waals surface area contributed by atoms with E-state index in [-0.39, 0.29) is 30.3 Å². The summed E-state index contributed by atoms with van der Waals surface area (Å²) >= 11 is 5.86. The summed E-state index contributed by atoms with van der Waals surface area (Å²) in [5, 5.41) is 0.562. The molecule has 4 rings (SSSR count). The summed E-state index contributed by atoms with van der Waals surface area (Å²) in [5.74, 6) is -1.48. The summed E-state index contributed by atoms with van der Waals surface area (Å²) < 4.78 is 5.56. The van der Waals surface area contributed by atoms with Crippen molar-refractivity contribution in [2.75, 3.05) is 6.61 Å². The minimum Gasteiger partial charge on any atom is -0.493 e. The number of hydrazine groups is 1. The van der Waals surface area contributed by atoms with Gasteiger partial charge in [0.05, 0.1) is 36.3 Å². The van der Waals surface area contributed by atoms with Crippen molar-refractivity contribution in [3.63, 3.8) is 0 Å². The van der Waals surface area contributed by atoms with Crippen molar-refractivity contribution in [3.05, 3.63) is 99.6 Å². The number of hydrogen-bond acceptors (Lipinski definition) is 5. The highest BCUT2D eigenvalue weighted by Gasteiger charge is 2.35. The number of rotatable bonds is 7. The van der Waals surface area contributed by atoms with Gasteiger partial charge in [-0.25, -0.2) is 0 Å². The predicted octanol–water partition coefficient (Wildman–Crippen LogP) is 3.54. The van der Waals surface area contributed by atoms with Crippen LogP contribution in [0, 0.1) is 0 Å². The maximum absolute atomic E-state index is 12.9. The lowest BCUT2D eigenvalue weighted by atomic mass is 10.1. The highest BCUT2D eigenvalue weighted by atomic mass is 35.5. The summed E-state index contributed by atoms with van der Waals surface area (Å²) in [4.78, 5) is 51.6. The number of ether oxygens (including phenoxy) is 1. The number of halogens is 1. The number of fused-ring (bicyclic) bond motifs is 1.